The number of aromatic hydroxyl groups is 2. The van der Waals surface area contributed by atoms with Crippen LogP contribution in [0.25, 0.3) is 21.9 Å². The van der Waals surface area contributed by atoms with Crippen molar-refractivity contribution in [2.24, 2.45) is 0 Å². The molecular formula is C20H21NO5S. The van der Waals surface area contributed by atoms with Crippen LogP contribution in [0.3, 0.4) is 0 Å². The highest BCUT2D eigenvalue weighted by Gasteiger charge is 2.23. The summed E-state index contributed by atoms with van der Waals surface area (Å²) >= 11 is 0. The second-order valence-corrected chi connectivity index (χ2v) is 8.24. The number of ether oxygens (including phenoxy) is 1. The van der Waals surface area contributed by atoms with E-state index in [-0.39, 0.29) is 11.5 Å². The van der Waals surface area contributed by atoms with Crippen LogP contribution in [0.2, 0.25) is 0 Å². The molecule has 3 aromatic carbocycles. The lowest BCUT2D eigenvalue weighted by atomic mass is 9.90. The van der Waals surface area contributed by atoms with E-state index < -0.39 is 10.0 Å². The molecule has 0 fully saturated rings. The monoisotopic (exact) mass is 387 g/mol. The highest BCUT2D eigenvalue weighted by atomic mass is 32.2. The number of rotatable bonds is 4. The molecule has 3 aromatic rings. The molecule has 0 heterocycles. The number of phenolic OH excluding ortho intramolecular Hbond substituents is 2. The molecular weight excluding hydrogens is 366 g/mol. The Bertz CT molecular complexity index is 1150. The van der Waals surface area contributed by atoms with E-state index in [2.05, 4.69) is 4.72 Å². The minimum Gasteiger partial charge on any atom is -0.504 e. The maximum atomic E-state index is 11.9. The fourth-order valence-corrected chi connectivity index (χ4v) is 4.02. The second-order valence-electron chi connectivity index (χ2n) is 6.49. The molecule has 0 unspecified atom stereocenters. The molecule has 3 N–H and O–H groups in total. The van der Waals surface area contributed by atoms with Gasteiger partial charge in [-0.15, -0.1) is 0 Å². The molecule has 0 saturated heterocycles. The van der Waals surface area contributed by atoms with E-state index in [4.69, 9.17) is 4.74 Å². The molecule has 0 aliphatic heterocycles. The summed E-state index contributed by atoms with van der Waals surface area (Å²) in [6.07, 6.45) is 1.06. The van der Waals surface area contributed by atoms with Gasteiger partial charge in [0.2, 0.25) is 10.0 Å². The standard InChI is InChI=1S/C20H21NO5S/c1-11-9-15(21-27(4,24)25)17(12(2)20(11)26-3)18-14-8-6-5-7-13(14)10-16(22)19(18)23/h5-10,21-23H,1-4H3. The number of hydrogen-bond acceptors (Lipinski definition) is 5. The van der Waals surface area contributed by atoms with Gasteiger partial charge in [0.1, 0.15) is 5.75 Å². The highest BCUT2D eigenvalue weighted by Crippen LogP contribution is 2.48. The summed E-state index contributed by atoms with van der Waals surface area (Å²) < 4.78 is 31.8. The van der Waals surface area contributed by atoms with Gasteiger partial charge in [-0.2, -0.15) is 0 Å². The first kappa shape index (κ1) is 18.8. The Morgan fingerprint density at radius 3 is 2.33 bits per heavy atom. The van der Waals surface area contributed by atoms with Crippen LogP contribution in [0.4, 0.5) is 5.69 Å². The van der Waals surface area contributed by atoms with Crippen molar-refractivity contribution in [1.82, 2.24) is 0 Å². The Balaban J connectivity index is 2.51. The van der Waals surface area contributed by atoms with Crippen LogP contribution in [0.5, 0.6) is 17.2 Å². The highest BCUT2D eigenvalue weighted by molar-refractivity contribution is 7.92. The number of nitrogens with one attached hydrogen (secondary N) is 1. The molecule has 6 nitrogen and oxygen atoms in total. The Hall–Kier alpha value is -2.93. The van der Waals surface area contributed by atoms with Gasteiger partial charge in [0.05, 0.1) is 19.1 Å². The minimum absolute atomic E-state index is 0.284. The molecule has 0 aromatic heterocycles. The van der Waals surface area contributed by atoms with Gasteiger partial charge >= 0.3 is 0 Å². The fraction of sp³-hybridized carbons (Fsp3) is 0.200. The lowest BCUT2D eigenvalue weighted by molar-refractivity contribution is 0.405. The molecule has 142 valence electrons. The quantitative estimate of drug-likeness (QED) is 0.590. The number of fused-ring (bicyclic) bond motifs is 1. The lowest BCUT2D eigenvalue weighted by Crippen LogP contribution is -2.12. The first-order chi connectivity index (χ1) is 12.6. The van der Waals surface area contributed by atoms with Crippen LogP contribution in [-0.4, -0.2) is 32.0 Å². The molecule has 0 aliphatic carbocycles. The molecule has 0 aliphatic rings. The smallest absolute Gasteiger partial charge is 0.229 e. The van der Waals surface area contributed by atoms with Gasteiger partial charge in [-0.3, -0.25) is 4.72 Å². The van der Waals surface area contributed by atoms with Gasteiger partial charge in [0.15, 0.2) is 11.5 Å². The van der Waals surface area contributed by atoms with E-state index in [1.165, 1.54) is 13.2 Å². The third-order valence-corrected chi connectivity index (χ3v) is 5.05. The first-order valence-corrected chi connectivity index (χ1v) is 10.1. The number of phenols is 2. The van der Waals surface area contributed by atoms with E-state index >= 15 is 0 Å². The largest absolute Gasteiger partial charge is 0.504 e. The Morgan fingerprint density at radius 2 is 1.70 bits per heavy atom. The van der Waals surface area contributed by atoms with Crippen LogP contribution in [0.1, 0.15) is 11.1 Å². The van der Waals surface area contributed by atoms with Crippen molar-refractivity contribution in [2.75, 3.05) is 18.1 Å². The molecule has 0 radical (unpaired) electrons. The number of hydrogen-bond donors (Lipinski definition) is 3. The van der Waals surface area contributed by atoms with Crippen LogP contribution >= 0.6 is 0 Å². The SMILES string of the molecule is COc1c(C)cc(NS(C)(=O)=O)c(-c2c(O)c(O)cc3ccccc23)c1C. The van der Waals surface area contributed by atoms with Crippen LogP contribution in [-0.2, 0) is 10.0 Å². The Kier molecular flexibility index (Phi) is 4.65. The summed E-state index contributed by atoms with van der Waals surface area (Å²) in [5.74, 6) is -0.0249. The summed E-state index contributed by atoms with van der Waals surface area (Å²) in [5.41, 5.74) is 2.49. The summed E-state index contributed by atoms with van der Waals surface area (Å²) in [7, 11) is -2.04. The lowest BCUT2D eigenvalue weighted by Gasteiger charge is -2.21. The van der Waals surface area contributed by atoms with Gasteiger partial charge < -0.3 is 14.9 Å². The predicted octanol–water partition coefficient (Wildman–Crippen LogP) is 3.91. The van der Waals surface area contributed by atoms with Crippen molar-refractivity contribution in [3.05, 3.63) is 47.5 Å². The number of anilines is 1. The second kappa shape index (κ2) is 6.66. The summed E-state index contributed by atoms with van der Waals surface area (Å²) in [6.45, 7) is 3.59. The number of benzene rings is 3. The van der Waals surface area contributed by atoms with Crippen LogP contribution in [0, 0.1) is 13.8 Å². The van der Waals surface area contributed by atoms with Gasteiger partial charge in [-0.1, -0.05) is 24.3 Å². The predicted molar refractivity (Wildman–Crippen MR) is 107 cm³/mol. The third kappa shape index (κ3) is 3.38. The fourth-order valence-electron chi connectivity index (χ4n) is 3.46. The van der Waals surface area contributed by atoms with Crippen molar-refractivity contribution in [2.45, 2.75) is 13.8 Å². The van der Waals surface area contributed by atoms with E-state index in [0.717, 1.165) is 11.8 Å². The maximum absolute atomic E-state index is 11.9. The molecule has 3 rings (SSSR count). The molecule has 7 heteroatoms. The number of aryl methyl sites for hydroxylation is 1. The van der Waals surface area contributed by atoms with Gasteiger partial charge in [0.25, 0.3) is 0 Å². The van der Waals surface area contributed by atoms with Crippen molar-refractivity contribution in [1.29, 1.82) is 0 Å². The zero-order valence-corrected chi connectivity index (χ0v) is 16.3. The Morgan fingerprint density at radius 1 is 1.04 bits per heavy atom. The topological polar surface area (TPSA) is 95.9 Å². The molecule has 27 heavy (non-hydrogen) atoms. The van der Waals surface area contributed by atoms with Gasteiger partial charge in [-0.25, -0.2) is 8.42 Å². The first-order valence-electron chi connectivity index (χ1n) is 8.24. The normalized spacial score (nSPS) is 11.6. The van der Waals surface area contributed by atoms with Crippen molar-refractivity contribution in [3.8, 4) is 28.4 Å². The summed E-state index contributed by atoms with van der Waals surface area (Å²) in [4.78, 5) is 0. The van der Waals surface area contributed by atoms with Crippen LogP contribution < -0.4 is 9.46 Å². The zero-order valence-electron chi connectivity index (χ0n) is 15.5. The molecule has 0 atom stereocenters. The number of methoxy groups -OCH3 is 1. The van der Waals surface area contributed by atoms with Crippen molar-refractivity contribution >= 4 is 26.5 Å². The van der Waals surface area contributed by atoms with Gasteiger partial charge in [0, 0.05) is 16.7 Å². The van der Waals surface area contributed by atoms with E-state index in [9.17, 15) is 18.6 Å². The van der Waals surface area contributed by atoms with Gasteiger partial charge in [-0.05, 0) is 42.3 Å². The van der Waals surface area contributed by atoms with E-state index in [0.29, 0.717) is 38.9 Å². The average Bonchev–Trinajstić information content (AvgIpc) is 2.56. The zero-order chi connectivity index (χ0) is 19.9. The molecule has 0 spiro atoms. The summed E-state index contributed by atoms with van der Waals surface area (Å²) in [5, 5.41) is 22.3. The third-order valence-electron chi connectivity index (χ3n) is 4.46. The van der Waals surface area contributed by atoms with Crippen molar-refractivity contribution in [3.63, 3.8) is 0 Å². The van der Waals surface area contributed by atoms with Crippen molar-refractivity contribution < 1.29 is 23.4 Å². The molecule has 0 amide bonds. The van der Waals surface area contributed by atoms with E-state index in [1.807, 2.05) is 25.1 Å². The molecule has 0 bridgehead atoms. The van der Waals surface area contributed by atoms with Crippen LogP contribution in [0.15, 0.2) is 36.4 Å². The maximum Gasteiger partial charge on any atom is 0.229 e. The summed E-state index contributed by atoms with van der Waals surface area (Å²) in [6, 6.07) is 10.4. The minimum atomic E-state index is -3.57. The number of sulfonamides is 1. The average molecular weight is 387 g/mol. The Labute approximate surface area is 158 Å². The molecule has 0 saturated carbocycles. The van der Waals surface area contributed by atoms with E-state index in [1.54, 1.807) is 19.1 Å².